The van der Waals surface area contributed by atoms with E-state index in [0.29, 0.717) is 31.1 Å². The number of anilines is 1. The van der Waals surface area contributed by atoms with Crippen LogP contribution in [0.2, 0.25) is 0 Å². The number of nitrogens with two attached hydrogens (primary N) is 1. The molecule has 2 N–H and O–H groups in total. The lowest BCUT2D eigenvalue weighted by molar-refractivity contribution is -0.118. The lowest BCUT2D eigenvalue weighted by atomic mass is 9.77. The summed E-state index contributed by atoms with van der Waals surface area (Å²) in [5.41, 5.74) is 8.02. The topological polar surface area (TPSA) is 85.2 Å². The number of amides is 1. The van der Waals surface area contributed by atoms with Crippen molar-refractivity contribution in [1.29, 1.82) is 0 Å². The lowest BCUT2D eigenvalue weighted by Gasteiger charge is -2.34. The summed E-state index contributed by atoms with van der Waals surface area (Å²) in [5, 5.41) is 4.02. The molecule has 1 aromatic carbocycles. The van der Waals surface area contributed by atoms with E-state index in [1.165, 1.54) is 5.56 Å². The number of halogens is 1. The van der Waals surface area contributed by atoms with Gasteiger partial charge in [0.1, 0.15) is 0 Å². The molecule has 0 atom stereocenters. The van der Waals surface area contributed by atoms with Crippen LogP contribution in [-0.2, 0) is 23.2 Å². The molecule has 4 rings (SSSR count). The van der Waals surface area contributed by atoms with Gasteiger partial charge in [-0.1, -0.05) is 23.4 Å². The third kappa shape index (κ3) is 2.91. The monoisotopic (exact) mass is 348 g/mol. The van der Waals surface area contributed by atoms with Crippen molar-refractivity contribution in [2.24, 2.45) is 5.73 Å². The van der Waals surface area contributed by atoms with Gasteiger partial charge in [-0.3, -0.25) is 4.79 Å². The van der Waals surface area contributed by atoms with Crippen molar-refractivity contribution in [3.63, 3.8) is 0 Å². The number of rotatable bonds is 4. The first kappa shape index (κ1) is 16.9. The van der Waals surface area contributed by atoms with E-state index in [1.807, 2.05) is 23.1 Å². The van der Waals surface area contributed by atoms with Gasteiger partial charge in [-0.2, -0.15) is 4.98 Å². The minimum absolute atomic E-state index is 0. The maximum Gasteiger partial charge on any atom is 0.228 e. The molecule has 0 radical (unpaired) electrons. The van der Waals surface area contributed by atoms with Gasteiger partial charge in [0.25, 0.3) is 0 Å². The van der Waals surface area contributed by atoms with Gasteiger partial charge >= 0.3 is 0 Å². The Kier molecular flexibility index (Phi) is 4.60. The Bertz CT molecular complexity index is 742. The summed E-state index contributed by atoms with van der Waals surface area (Å²) in [7, 11) is 0. The predicted octanol–water partition coefficient (Wildman–Crippen LogP) is 2.35. The Labute approximate surface area is 146 Å². The molecule has 1 amide bonds. The van der Waals surface area contributed by atoms with E-state index < -0.39 is 5.54 Å². The Morgan fingerprint density at radius 3 is 2.79 bits per heavy atom. The second kappa shape index (κ2) is 6.53. The van der Waals surface area contributed by atoms with Crippen LogP contribution >= 0.6 is 12.4 Å². The largest absolute Gasteiger partial charge is 0.339 e. The summed E-state index contributed by atoms with van der Waals surface area (Å²) < 4.78 is 5.32. The smallest absolute Gasteiger partial charge is 0.228 e. The summed E-state index contributed by atoms with van der Waals surface area (Å²) >= 11 is 0. The molecule has 7 heteroatoms. The number of fused-ring (bicyclic) bond motifs is 1. The van der Waals surface area contributed by atoms with Crippen molar-refractivity contribution in [3.05, 3.63) is 41.5 Å². The first-order chi connectivity index (χ1) is 11.2. The molecule has 1 aliphatic heterocycles. The highest BCUT2D eigenvalue weighted by atomic mass is 35.5. The van der Waals surface area contributed by atoms with E-state index in [2.05, 4.69) is 16.2 Å². The minimum atomic E-state index is -0.407. The molecule has 2 heterocycles. The molecule has 1 saturated carbocycles. The molecule has 128 valence electrons. The highest BCUT2D eigenvalue weighted by Crippen LogP contribution is 2.37. The highest BCUT2D eigenvalue weighted by Gasteiger charge is 2.39. The van der Waals surface area contributed by atoms with E-state index in [0.717, 1.165) is 31.4 Å². The Hall–Kier alpha value is -1.92. The number of nitrogens with zero attached hydrogens (tertiary/aromatic N) is 3. The molecule has 6 nitrogen and oxygen atoms in total. The number of para-hydroxylation sites is 1. The van der Waals surface area contributed by atoms with Gasteiger partial charge in [0.2, 0.25) is 11.8 Å². The molecule has 24 heavy (non-hydrogen) atoms. The molecular weight excluding hydrogens is 328 g/mol. The van der Waals surface area contributed by atoms with Crippen molar-refractivity contribution >= 4 is 24.0 Å². The maximum absolute atomic E-state index is 12.2. The molecule has 0 unspecified atom stereocenters. The zero-order chi connectivity index (χ0) is 15.9. The van der Waals surface area contributed by atoms with Gasteiger partial charge in [-0.05, 0) is 37.3 Å². The van der Waals surface area contributed by atoms with Crippen LogP contribution in [0.5, 0.6) is 0 Å². The summed E-state index contributed by atoms with van der Waals surface area (Å²) in [4.78, 5) is 18.5. The summed E-state index contributed by atoms with van der Waals surface area (Å²) in [6.45, 7) is 0.551. The van der Waals surface area contributed by atoms with Crippen molar-refractivity contribution in [3.8, 4) is 0 Å². The normalized spacial score (nSPS) is 18.5. The van der Waals surface area contributed by atoms with E-state index >= 15 is 0 Å². The van der Waals surface area contributed by atoms with Gasteiger partial charge in [0.05, 0.1) is 5.54 Å². The van der Waals surface area contributed by atoms with Crippen molar-refractivity contribution in [2.45, 2.75) is 44.1 Å². The van der Waals surface area contributed by atoms with Gasteiger partial charge in [-0.15, -0.1) is 12.4 Å². The van der Waals surface area contributed by atoms with E-state index in [-0.39, 0.29) is 18.3 Å². The fraction of sp³-hybridized carbons (Fsp3) is 0.471. The third-order valence-electron chi connectivity index (χ3n) is 4.90. The number of aryl methyl sites for hydroxylation is 1. The molecule has 0 saturated heterocycles. The van der Waals surface area contributed by atoms with Crippen molar-refractivity contribution in [1.82, 2.24) is 10.1 Å². The summed E-state index contributed by atoms with van der Waals surface area (Å²) in [6.07, 6.45) is 4.83. The van der Waals surface area contributed by atoms with Gasteiger partial charge in [0, 0.05) is 25.1 Å². The van der Waals surface area contributed by atoms with Crippen molar-refractivity contribution in [2.75, 3.05) is 11.4 Å². The molecule has 0 spiro atoms. The zero-order valence-corrected chi connectivity index (χ0v) is 14.2. The van der Waals surface area contributed by atoms with E-state index in [1.54, 1.807) is 0 Å². The van der Waals surface area contributed by atoms with Crippen LogP contribution in [0.1, 0.15) is 43.0 Å². The van der Waals surface area contributed by atoms with Gasteiger partial charge < -0.3 is 15.2 Å². The van der Waals surface area contributed by atoms with Crippen LogP contribution < -0.4 is 10.6 Å². The maximum atomic E-state index is 12.2. The Morgan fingerprint density at radius 2 is 2.04 bits per heavy atom. The molecule has 1 aliphatic carbocycles. The van der Waals surface area contributed by atoms with Crippen molar-refractivity contribution < 1.29 is 9.32 Å². The zero-order valence-electron chi connectivity index (χ0n) is 13.4. The number of aromatic nitrogens is 2. The fourth-order valence-corrected chi connectivity index (χ4v) is 3.29. The highest BCUT2D eigenvalue weighted by molar-refractivity contribution is 5.96. The number of carbonyl (C=O) groups is 1. The minimum Gasteiger partial charge on any atom is -0.339 e. The standard InChI is InChI=1S/C17H20N4O2.ClH/c18-17(9-3-10-17)16-19-14(23-20-16)8-11-21-13-5-2-1-4-12(13)6-7-15(21)22;/h1-2,4-5H,3,6-11,18H2;1H. The second-order valence-electron chi connectivity index (χ2n) is 6.45. The third-order valence-corrected chi connectivity index (χ3v) is 4.90. The molecular formula is C17H21ClN4O2. The van der Waals surface area contributed by atoms with Gasteiger partial charge in [0.15, 0.2) is 5.82 Å². The number of hydrogen-bond donors (Lipinski definition) is 1. The first-order valence-corrected chi connectivity index (χ1v) is 8.16. The molecule has 0 bridgehead atoms. The Morgan fingerprint density at radius 1 is 1.25 bits per heavy atom. The predicted molar refractivity (Wildman–Crippen MR) is 92.1 cm³/mol. The molecule has 1 fully saturated rings. The number of carbonyl (C=O) groups excluding carboxylic acids is 1. The first-order valence-electron chi connectivity index (χ1n) is 8.16. The van der Waals surface area contributed by atoms with E-state index in [4.69, 9.17) is 10.3 Å². The average Bonchev–Trinajstić information content (AvgIpc) is 3.01. The second-order valence-corrected chi connectivity index (χ2v) is 6.45. The van der Waals surface area contributed by atoms with Crippen LogP contribution in [-0.4, -0.2) is 22.6 Å². The van der Waals surface area contributed by atoms with Crippen LogP contribution in [0.3, 0.4) is 0 Å². The van der Waals surface area contributed by atoms with E-state index in [9.17, 15) is 4.79 Å². The van der Waals surface area contributed by atoms with Crippen LogP contribution in [0.15, 0.2) is 28.8 Å². The van der Waals surface area contributed by atoms with Crippen LogP contribution in [0.4, 0.5) is 5.69 Å². The number of benzene rings is 1. The molecule has 1 aromatic heterocycles. The average molecular weight is 349 g/mol. The van der Waals surface area contributed by atoms with Gasteiger partial charge in [-0.25, -0.2) is 0 Å². The Balaban J connectivity index is 0.00000169. The summed E-state index contributed by atoms with van der Waals surface area (Å²) in [6, 6.07) is 8.05. The summed E-state index contributed by atoms with van der Waals surface area (Å²) in [5.74, 6) is 1.30. The SMILES string of the molecule is Cl.NC1(c2noc(CCN3C(=O)CCc4ccccc43)n2)CCC1. The fourth-order valence-electron chi connectivity index (χ4n) is 3.29. The molecule has 2 aromatic rings. The number of hydrogen-bond acceptors (Lipinski definition) is 5. The van der Waals surface area contributed by atoms with Crippen LogP contribution in [0, 0.1) is 0 Å². The quantitative estimate of drug-likeness (QED) is 0.916. The van der Waals surface area contributed by atoms with Crippen LogP contribution in [0.25, 0.3) is 0 Å². The lowest BCUT2D eigenvalue weighted by Crippen LogP contribution is -2.44. The molecule has 2 aliphatic rings.